The number of rotatable bonds is 4. The zero-order chi connectivity index (χ0) is 19.5. The Kier molecular flexibility index (Phi) is 5.72. The lowest BCUT2D eigenvalue weighted by molar-refractivity contribution is 0.0954. The zero-order valence-electron chi connectivity index (χ0n) is 14.8. The highest BCUT2D eigenvalue weighted by Gasteiger charge is 2.17. The zero-order valence-corrected chi connectivity index (χ0v) is 17.1. The maximum Gasteiger partial charge on any atom is 0.251 e. The fourth-order valence-corrected chi connectivity index (χ4v) is 4.49. The van der Waals surface area contributed by atoms with Crippen LogP contribution in [0.25, 0.3) is 0 Å². The predicted molar refractivity (Wildman–Crippen MR) is 117 cm³/mol. The van der Waals surface area contributed by atoms with Gasteiger partial charge in [-0.15, -0.1) is 0 Å². The molecule has 0 spiro atoms. The molecule has 1 aliphatic rings. The topological polar surface area (TPSA) is 41.5 Å². The van der Waals surface area contributed by atoms with Gasteiger partial charge in [0.1, 0.15) is 5.17 Å². The maximum atomic E-state index is 12.5. The van der Waals surface area contributed by atoms with Gasteiger partial charge >= 0.3 is 0 Å². The molecule has 140 valence electrons. The minimum absolute atomic E-state index is 0.136. The molecular formula is C22H16Cl2N2OS. The van der Waals surface area contributed by atoms with Gasteiger partial charge in [0.15, 0.2) is 0 Å². The molecule has 4 rings (SSSR count). The first-order valence-electron chi connectivity index (χ1n) is 8.78. The van der Waals surface area contributed by atoms with E-state index in [2.05, 4.69) is 10.3 Å². The molecule has 3 nitrogen and oxygen atoms in total. The Bertz CT molecular complexity index is 1080. The summed E-state index contributed by atoms with van der Waals surface area (Å²) in [6.07, 6.45) is 0.715. The molecule has 0 aliphatic carbocycles. The third-order valence-corrected chi connectivity index (χ3v) is 6.02. The number of hydrogen-bond acceptors (Lipinski definition) is 3. The van der Waals surface area contributed by atoms with E-state index in [1.54, 1.807) is 17.8 Å². The minimum Gasteiger partial charge on any atom is -0.352 e. The standard InChI is InChI=1S/C22H16Cl2N2OS/c23-16-5-3-4-14(12-16)10-11-25-22(27)15-8-9-20-18(13-15)26-21(24)17-6-1-2-7-19(17)28-20/h1-9,12-13H,10-11H2,(H,25,27). The molecule has 3 aromatic carbocycles. The first kappa shape index (κ1) is 19.1. The van der Waals surface area contributed by atoms with Crippen molar-refractivity contribution in [3.05, 3.63) is 88.4 Å². The average Bonchev–Trinajstić information content (AvgIpc) is 2.83. The number of halogens is 2. The Morgan fingerprint density at radius 3 is 2.68 bits per heavy atom. The predicted octanol–water partition coefficient (Wildman–Crippen LogP) is 6.09. The highest BCUT2D eigenvalue weighted by Crippen LogP contribution is 2.41. The van der Waals surface area contributed by atoms with Crippen LogP contribution in [0.3, 0.4) is 0 Å². The molecule has 3 aromatic rings. The highest BCUT2D eigenvalue weighted by molar-refractivity contribution is 7.99. The molecule has 0 aromatic heterocycles. The second kappa shape index (κ2) is 8.39. The summed E-state index contributed by atoms with van der Waals surface area (Å²) >= 11 is 14.0. The van der Waals surface area contributed by atoms with E-state index in [4.69, 9.17) is 23.2 Å². The molecule has 1 amide bonds. The van der Waals surface area contributed by atoms with Crippen molar-refractivity contribution < 1.29 is 4.79 Å². The van der Waals surface area contributed by atoms with E-state index < -0.39 is 0 Å². The van der Waals surface area contributed by atoms with Gasteiger partial charge < -0.3 is 5.32 Å². The third-order valence-electron chi connectivity index (χ3n) is 4.36. The lowest BCUT2D eigenvalue weighted by Crippen LogP contribution is -2.25. The molecule has 0 atom stereocenters. The van der Waals surface area contributed by atoms with Crippen molar-refractivity contribution in [3.63, 3.8) is 0 Å². The van der Waals surface area contributed by atoms with Crippen LogP contribution in [-0.4, -0.2) is 17.6 Å². The Hall–Kier alpha value is -2.27. The van der Waals surface area contributed by atoms with Crippen molar-refractivity contribution >= 4 is 51.7 Å². The van der Waals surface area contributed by atoms with Gasteiger partial charge in [-0.2, -0.15) is 0 Å². The Labute approximate surface area is 177 Å². The van der Waals surface area contributed by atoms with E-state index in [0.29, 0.717) is 34.4 Å². The van der Waals surface area contributed by atoms with Crippen molar-refractivity contribution in [2.45, 2.75) is 16.2 Å². The molecule has 0 radical (unpaired) electrons. The van der Waals surface area contributed by atoms with Crippen LogP contribution in [-0.2, 0) is 6.42 Å². The van der Waals surface area contributed by atoms with Crippen molar-refractivity contribution in [2.24, 2.45) is 4.99 Å². The van der Waals surface area contributed by atoms with E-state index in [1.807, 2.05) is 60.7 Å². The van der Waals surface area contributed by atoms with Gasteiger partial charge in [-0.3, -0.25) is 4.79 Å². The third kappa shape index (κ3) is 4.25. The van der Waals surface area contributed by atoms with Crippen molar-refractivity contribution in [2.75, 3.05) is 6.54 Å². The van der Waals surface area contributed by atoms with Crippen LogP contribution >= 0.6 is 35.0 Å². The van der Waals surface area contributed by atoms with Gasteiger partial charge in [-0.05, 0) is 48.4 Å². The Morgan fingerprint density at radius 2 is 1.82 bits per heavy atom. The molecule has 0 saturated carbocycles. The molecule has 0 saturated heterocycles. The van der Waals surface area contributed by atoms with Gasteiger partial charge in [-0.25, -0.2) is 4.99 Å². The van der Waals surface area contributed by atoms with Crippen molar-refractivity contribution in [1.29, 1.82) is 0 Å². The van der Waals surface area contributed by atoms with Crippen LogP contribution in [0.15, 0.2) is 81.5 Å². The number of fused-ring (bicyclic) bond motifs is 2. The van der Waals surface area contributed by atoms with Crippen LogP contribution in [0.2, 0.25) is 5.02 Å². The monoisotopic (exact) mass is 426 g/mol. The molecule has 28 heavy (non-hydrogen) atoms. The molecule has 0 unspecified atom stereocenters. The van der Waals surface area contributed by atoms with Crippen LogP contribution in [0.1, 0.15) is 21.5 Å². The summed E-state index contributed by atoms with van der Waals surface area (Å²) in [6.45, 7) is 0.528. The van der Waals surface area contributed by atoms with Crippen LogP contribution in [0, 0.1) is 0 Å². The number of aliphatic imine (C=N–C) groups is 1. The second-order valence-electron chi connectivity index (χ2n) is 6.32. The summed E-state index contributed by atoms with van der Waals surface area (Å²) in [5.74, 6) is -0.136. The number of nitrogens with one attached hydrogen (secondary N) is 1. The maximum absolute atomic E-state index is 12.5. The van der Waals surface area contributed by atoms with E-state index >= 15 is 0 Å². The summed E-state index contributed by atoms with van der Waals surface area (Å²) < 4.78 is 0. The average molecular weight is 427 g/mol. The first-order valence-corrected chi connectivity index (χ1v) is 10.4. The van der Waals surface area contributed by atoms with Crippen molar-refractivity contribution in [1.82, 2.24) is 5.32 Å². The fraction of sp³-hybridized carbons (Fsp3) is 0.0909. The summed E-state index contributed by atoms with van der Waals surface area (Å²) in [5, 5.41) is 4.08. The van der Waals surface area contributed by atoms with E-state index in [9.17, 15) is 4.79 Å². The number of benzene rings is 3. The van der Waals surface area contributed by atoms with Crippen LogP contribution in [0.5, 0.6) is 0 Å². The van der Waals surface area contributed by atoms with Gasteiger partial charge in [-0.1, -0.05) is 65.3 Å². The molecule has 0 bridgehead atoms. The van der Waals surface area contributed by atoms with Crippen molar-refractivity contribution in [3.8, 4) is 0 Å². The fourth-order valence-electron chi connectivity index (χ4n) is 2.96. The highest BCUT2D eigenvalue weighted by atomic mass is 35.5. The van der Waals surface area contributed by atoms with Gasteiger partial charge in [0.25, 0.3) is 5.91 Å². The van der Waals surface area contributed by atoms with E-state index in [1.165, 1.54) is 0 Å². The van der Waals surface area contributed by atoms with Gasteiger partial charge in [0, 0.05) is 32.5 Å². The first-order chi connectivity index (χ1) is 13.6. The summed E-state index contributed by atoms with van der Waals surface area (Å²) in [7, 11) is 0. The van der Waals surface area contributed by atoms with E-state index in [0.717, 1.165) is 20.9 Å². The molecule has 1 heterocycles. The SMILES string of the molecule is O=C(NCCc1cccc(Cl)c1)c1ccc2c(c1)N=C(Cl)c1ccccc1S2. The molecular weight excluding hydrogens is 411 g/mol. The number of amides is 1. The van der Waals surface area contributed by atoms with Crippen LogP contribution in [0.4, 0.5) is 5.69 Å². The summed E-state index contributed by atoms with van der Waals surface area (Å²) in [5.41, 5.74) is 3.25. The summed E-state index contributed by atoms with van der Waals surface area (Å²) in [4.78, 5) is 19.1. The Morgan fingerprint density at radius 1 is 0.964 bits per heavy atom. The van der Waals surface area contributed by atoms with Gasteiger partial charge in [0.2, 0.25) is 0 Å². The number of nitrogens with zero attached hydrogens (tertiary/aromatic N) is 1. The Balaban J connectivity index is 1.49. The lowest BCUT2D eigenvalue weighted by atomic mass is 10.1. The number of carbonyl (C=O) groups excluding carboxylic acids is 1. The minimum atomic E-state index is -0.136. The second-order valence-corrected chi connectivity index (χ2v) is 8.20. The normalized spacial score (nSPS) is 12.4. The number of carbonyl (C=O) groups is 1. The smallest absolute Gasteiger partial charge is 0.251 e. The molecule has 6 heteroatoms. The number of hydrogen-bond donors (Lipinski definition) is 1. The largest absolute Gasteiger partial charge is 0.352 e. The quantitative estimate of drug-likeness (QED) is 0.547. The van der Waals surface area contributed by atoms with Crippen LogP contribution < -0.4 is 5.32 Å². The molecule has 1 N–H and O–H groups in total. The van der Waals surface area contributed by atoms with Gasteiger partial charge in [0.05, 0.1) is 5.69 Å². The molecule has 1 aliphatic heterocycles. The molecule has 0 fully saturated rings. The van der Waals surface area contributed by atoms with E-state index in [-0.39, 0.29) is 5.91 Å². The summed E-state index contributed by atoms with van der Waals surface area (Å²) in [6, 6.07) is 21.0. The lowest BCUT2D eigenvalue weighted by Gasteiger charge is -2.08.